The molecule has 0 fully saturated rings. The fourth-order valence-electron chi connectivity index (χ4n) is 4.07. The number of nitrogens with one attached hydrogen (secondary N) is 1. The maximum atomic E-state index is 12.8. The van der Waals surface area contributed by atoms with E-state index in [1.165, 1.54) is 11.1 Å². The number of hydrazone groups is 1. The summed E-state index contributed by atoms with van der Waals surface area (Å²) >= 11 is 6.04. The molecule has 0 aliphatic carbocycles. The number of hydrogen-bond donors (Lipinski definition) is 2. The Kier molecular flexibility index (Phi) is 5.37. The third-order valence-corrected chi connectivity index (χ3v) is 5.93. The minimum Gasteiger partial charge on any atom is -0.493 e. The second kappa shape index (κ2) is 8.38. The average Bonchev–Trinajstić information content (AvgIpc) is 3.45. The topological polar surface area (TPSA) is 126 Å². The normalized spacial score (nSPS) is 16.6. The summed E-state index contributed by atoms with van der Waals surface area (Å²) in [5.74, 6) is 0.283. The van der Waals surface area contributed by atoms with Gasteiger partial charge in [-0.15, -0.1) is 0 Å². The van der Waals surface area contributed by atoms with E-state index < -0.39 is 23.2 Å². The van der Waals surface area contributed by atoms with Crippen LogP contribution >= 0.6 is 11.6 Å². The summed E-state index contributed by atoms with van der Waals surface area (Å²) in [5.41, 5.74) is -0.685. The average molecular weight is 483 g/mol. The van der Waals surface area contributed by atoms with E-state index in [2.05, 4.69) is 10.1 Å². The van der Waals surface area contributed by atoms with Crippen LogP contribution in [0.15, 0.2) is 57.2 Å². The second-order valence-corrected chi connectivity index (χ2v) is 8.18. The first-order valence-corrected chi connectivity index (χ1v) is 10.9. The minimum atomic E-state index is -0.832. The summed E-state index contributed by atoms with van der Waals surface area (Å²) in [6.45, 7) is 1.81. The van der Waals surface area contributed by atoms with E-state index in [1.807, 2.05) is 0 Å². The number of carbonyl (C=O) groups excluding carboxylic acids is 1. The van der Waals surface area contributed by atoms with Gasteiger partial charge in [0.1, 0.15) is 5.56 Å². The van der Waals surface area contributed by atoms with Gasteiger partial charge in [-0.1, -0.05) is 30.7 Å². The van der Waals surface area contributed by atoms with Crippen LogP contribution < -0.4 is 20.7 Å². The molecule has 0 spiro atoms. The Bertz CT molecular complexity index is 1460. The number of ether oxygens (including phenoxy) is 2. The fraction of sp³-hybridized carbons (Fsp3) is 0.217. The molecule has 174 valence electrons. The lowest BCUT2D eigenvalue weighted by molar-refractivity contribution is -0.132. The van der Waals surface area contributed by atoms with E-state index in [-0.39, 0.29) is 42.5 Å². The Hall–Kier alpha value is -4.05. The van der Waals surface area contributed by atoms with Crippen LogP contribution in [0.5, 0.6) is 17.4 Å². The fourth-order valence-corrected chi connectivity index (χ4v) is 4.26. The summed E-state index contributed by atoms with van der Waals surface area (Å²) in [7, 11) is 0. The highest BCUT2D eigenvalue weighted by Crippen LogP contribution is 2.39. The molecule has 2 aromatic carbocycles. The van der Waals surface area contributed by atoms with Gasteiger partial charge in [-0.2, -0.15) is 5.10 Å². The van der Waals surface area contributed by atoms with Crippen molar-refractivity contribution >= 4 is 23.2 Å². The first-order valence-electron chi connectivity index (χ1n) is 10.5. The maximum Gasteiger partial charge on any atom is 0.335 e. The molecule has 0 saturated carbocycles. The Morgan fingerprint density at radius 3 is 2.76 bits per heavy atom. The van der Waals surface area contributed by atoms with E-state index in [9.17, 15) is 19.5 Å². The molecule has 11 heteroatoms. The van der Waals surface area contributed by atoms with Crippen molar-refractivity contribution < 1.29 is 19.4 Å². The van der Waals surface area contributed by atoms with Gasteiger partial charge in [-0.05, 0) is 35.9 Å². The van der Waals surface area contributed by atoms with Crippen molar-refractivity contribution in [3.63, 3.8) is 0 Å². The van der Waals surface area contributed by atoms with Gasteiger partial charge in [-0.25, -0.2) is 14.4 Å². The first kappa shape index (κ1) is 21.8. The highest BCUT2D eigenvalue weighted by atomic mass is 35.5. The molecule has 3 aromatic rings. The standard InChI is InChI=1S/C23H19ClN4O6/c1-2-19(29)28-16(12-6-7-17-18(8-12)34-11-33-17)10-15(26-28)20-21(30)25-23(32)27(22(20)31)14-5-3-4-13(24)9-14/h3-9,16,31H,2,10-11H2,1H3,(H,25,30,32)/t16-/m0/s1. The Balaban J connectivity index is 1.61. The molecule has 1 atom stereocenters. The Labute approximate surface area is 197 Å². The molecule has 5 rings (SSSR count). The van der Waals surface area contributed by atoms with Gasteiger partial charge in [0.2, 0.25) is 18.6 Å². The number of aromatic amines is 1. The molecule has 1 amide bonds. The van der Waals surface area contributed by atoms with Gasteiger partial charge in [0, 0.05) is 17.9 Å². The van der Waals surface area contributed by atoms with Gasteiger partial charge in [-0.3, -0.25) is 14.6 Å². The van der Waals surface area contributed by atoms with Crippen LogP contribution in [0.25, 0.3) is 5.69 Å². The summed E-state index contributed by atoms with van der Waals surface area (Å²) < 4.78 is 11.7. The molecule has 0 saturated heterocycles. The number of rotatable bonds is 4. The summed E-state index contributed by atoms with van der Waals surface area (Å²) in [5, 5.41) is 17.0. The SMILES string of the molecule is CCC(=O)N1N=C(c2c(O)n(-c3cccc(Cl)c3)c(=O)[nH]c2=O)C[C@H]1c1ccc2c(c1)OCO2. The molecule has 0 radical (unpaired) electrons. The number of hydrogen-bond acceptors (Lipinski definition) is 7. The van der Waals surface area contributed by atoms with E-state index in [4.69, 9.17) is 21.1 Å². The molecular weight excluding hydrogens is 464 g/mol. The van der Waals surface area contributed by atoms with Crippen molar-refractivity contribution in [3.05, 3.63) is 79.5 Å². The third-order valence-electron chi connectivity index (χ3n) is 5.69. The molecule has 2 aliphatic rings. The molecule has 2 aliphatic heterocycles. The maximum absolute atomic E-state index is 12.8. The number of fused-ring (bicyclic) bond motifs is 1. The van der Waals surface area contributed by atoms with Crippen LogP contribution in [0.2, 0.25) is 5.02 Å². The zero-order chi connectivity index (χ0) is 24.0. The number of nitrogens with zero attached hydrogens (tertiary/aromatic N) is 3. The molecular formula is C23H19ClN4O6. The van der Waals surface area contributed by atoms with E-state index in [1.54, 1.807) is 43.3 Å². The molecule has 34 heavy (non-hydrogen) atoms. The zero-order valence-corrected chi connectivity index (χ0v) is 18.7. The van der Waals surface area contributed by atoms with Crippen LogP contribution in [0.1, 0.15) is 36.9 Å². The zero-order valence-electron chi connectivity index (χ0n) is 17.9. The van der Waals surface area contributed by atoms with Gasteiger partial charge in [0.25, 0.3) is 5.56 Å². The predicted molar refractivity (Wildman–Crippen MR) is 123 cm³/mol. The summed E-state index contributed by atoms with van der Waals surface area (Å²) in [4.78, 5) is 40.2. The van der Waals surface area contributed by atoms with Crippen LogP contribution in [0.3, 0.4) is 0 Å². The lowest BCUT2D eigenvalue weighted by Crippen LogP contribution is -2.33. The molecule has 3 heterocycles. The molecule has 2 N–H and O–H groups in total. The molecule has 10 nitrogen and oxygen atoms in total. The molecule has 0 bridgehead atoms. The highest BCUT2D eigenvalue weighted by Gasteiger charge is 2.36. The van der Waals surface area contributed by atoms with Gasteiger partial charge >= 0.3 is 5.69 Å². The lowest BCUT2D eigenvalue weighted by Gasteiger charge is -2.21. The third kappa shape index (κ3) is 3.61. The number of aromatic hydroxyl groups is 1. The van der Waals surface area contributed by atoms with E-state index >= 15 is 0 Å². The molecule has 1 aromatic heterocycles. The second-order valence-electron chi connectivity index (χ2n) is 7.74. The quantitative estimate of drug-likeness (QED) is 0.588. The van der Waals surface area contributed by atoms with Crippen molar-refractivity contribution in [2.75, 3.05) is 6.79 Å². The number of halogens is 1. The highest BCUT2D eigenvalue weighted by molar-refractivity contribution is 6.30. The summed E-state index contributed by atoms with van der Waals surface area (Å²) in [6.07, 6.45) is 0.317. The van der Waals surface area contributed by atoms with Gasteiger partial charge in [0.05, 0.1) is 17.4 Å². The number of carbonyl (C=O) groups is 1. The van der Waals surface area contributed by atoms with E-state index in [0.717, 1.165) is 10.1 Å². The number of H-pyrrole nitrogens is 1. The Morgan fingerprint density at radius 1 is 1.21 bits per heavy atom. The largest absolute Gasteiger partial charge is 0.493 e. The number of amides is 1. The van der Waals surface area contributed by atoms with Crippen molar-refractivity contribution in [3.8, 4) is 23.1 Å². The minimum absolute atomic E-state index is 0.108. The van der Waals surface area contributed by atoms with Gasteiger partial charge in [0.15, 0.2) is 11.5 Å². The van der Waals surface area contributed by atoms with Crippen LogP contribution in [0, 0.1) is 0 Å². The van der Waals surface area contributed by atoms with Crippen LogP contribution in [0.4, 0.5) is 0 Å². The van der Waals surface area contributed by atoms with Crippen LogP contribution in [-0.2, 0) is 4.79 Å². The first-order chi connectivity index (χ1) is 16.4. The van der Waals surface area contributed by atoms with Crippen molar-refractivity contribution in [2.45, 2.75) is 25.8 Å². The molecule has 0 unspecified atom stereocenters. The summed E-state index contributed by atoms with van der Waals surface area (Å²) in [6, 6.07) is 11.0. The van der Waals surface area contributed by atoms with Crippen molar-refractivity contribution in [1.82, 2.24) is 14.6 Å². The van der Waals surface area contributed by atoms with E-state index in [0.29, 0.717) is 16.5 Å². The Morgan fingerprint density at radius 2 is 2.00 bits per heavy atom. The van der Waals surface area contributed by atoms with Crippen molar-refractivity contribution in [2.24, 2.45) is 5.10 Å². The van der Waals surface area contributed by atoms with Gasteiger partial charge < -0.3 is 14.6 Å². The monoisotopic (exact) mass is 482 g/mol. The predicted octanol–water partition coefficient (Wildman–Crippen LogP) is 2.70. The number of aromatic nitrogens is 2. The number of benzene rings is 2. The van der Waals surface area contributed by atoms with Crippen molar-refractivity contribution in [1.29, 1.82) is 0 Å². The lowest BCUT2D eigenvalue weighted by atomic mass is 9.98. The smallest absolute Gasteiger partial charge is 0.335 e. The van der Waals surface area contributed by atoms with Crippen LogP contribution in [-0.4, -0.2) is 38.1 Å².